The number of aryl methyl sites for hydroxylation is 2. The van der Waals surface area contributed by atoms with Crippen LogP contribution in [0.4, 0.5) is 0 Å². The summed E-state index contributed by atoms with van der Waals surface area (Å²) in [5.74, 6) is 2.26. The van der Waals surface area contributed by atoms with E-state index in [0.29, 0.717) is 0 Å². The van der Waals surface area contributed by atoms with Crippen molar-refractivity contribution in [1.82, 2.24) is 10.6 Å². The molecule has 0 radical (unpaired) electrons. The van der Waals surface area contributed by atoms with Gasteiger partial charge in [-0.25, -0.2) is 0 Å². The molecule has 0 atom stereocenters. The van der Waals surface area contributed by atoms with Crippen molar-refractivity contribution >= 4 is 0 Å². The van der Waals surface area contributed by atoms with E-state index in [9.17, 15) is 0 Å². The highest BCUT2D eigenvalue weighted by Gasteiger charge is 2.19. The van der Waals surface area contributed by atoms with Gasteiger partial charge in [-0.1, -0.05) is 6.92 Å². The van der Waals surface area contributed by atoms with Gasteiger partial charge >= 0.3 is 0 Å². The van der Waals surface area contributed by atoms with E-state index in [4.69, 9.17) is 4.42 Å². The van der Waals surface area contributed by atoms with Gasteiger partial charge in [0.2, 0.25) is 0 Å². The first-order chi connectivity index (χ1) is 9.29. The zero-order valence-corrected chi connectivity index (χ0v) is 12.4. The third kappa shape index (κ3) is 5.37. The van der Waals surface area contributed by atoms with Crippen molar-refractivity contribution in [1.29, 1.82) is 0 Å². The van der Waals surface area contributed by atoms with Gasteiger partial charge in [-0.15, -0.1) is 0 Å². The molecule has 0 bridgehead atoms. The van der Waals surface area contributed by atoms with Crippen LogP contribution in [-0.4, -0.2) is 19.1 Å². The fourth-order valence-corrected chi connectivity index (χ4v) is 2.29. The molecule has 0 saturated heterocycles. The molecule has 0 aromatic carbocycles. The Balaban J connectivity index is 1.63. The molecule has 1 aliphatic carbocycles. The van der Waals surface area contributed by atoms with Crippen LogP contribution in [0.15, 0.2) is 10.5 Å². The van der Waals surface area contributed by atoms with Crippen LogP contribution in [0.25, 0.3) is 0 Å². The van der Waals surface area contributed by atoms with Crippen LogP contribution in [0.2, 0.25) is 0 Å². The molecule has 1 saturated carbocycles. The quantitative estimate of drug-likeness (QED) is 0.637. The number of hydrogen-bond donors (Lipinski definition) is 2. The summed E-state index contributed by atoms with van der Waals surface area (Å²) in [5.41, 5.74) is 1.29. The number of hydrogen-bond acceptors (Lipinski definition) is 3. The van der Waals surface area contributed by atoms with Crippen molar-refractivity contribution < 1.29 is 4.42 Å². The van der Waals surface area contributed by atoms with E-state index in [0.717, 1.165) is 43.6 Å². The number of furan rings is 1. The minimum Gasteiger partial charge on any atom is -0.464 e. The van der Waals surface area contributed by atoms with Crippen LogP contribution in [0.5, 0.6) is 0 Å². The van der Waals surface area contributed by atoms with Crippen molar-refractivity contribution in [2.75, 3.05) is 13.1 Å². The molecule has 2 N–H and O–H groups in total. The Labute approximate surface area is 117 Å². The monoisotopic (exact) mass is 264 g/mol. The molecule has 0 aliphatic heterocycles. The van der Waals surface area contributed by atoms with Crippen molar-refractivity contribution in [2.45, 2.75) is 65.0 Å². The molecule has 108 valence electrons. The number of nitrogens with one attached hydrogen (secondary N) is 2. The van der Waals surface area contributed by atoms with Crippen molar-refractivity contribution in [3.05, 3.63) is 23.2 Å². The first-order valence-corrected chi connectivity index (χ1v) is 7.82. The van der Waals surface area contributed by atoms with Crippen LogP contribution < -0.4 is 10.6 Å². The maximum atomic E-state index is 5.92. The lowest BCUT2D eigenvalue weighted by Gasteiger charge is -2.02. The fraction of sp³-hybridized carbons (Fsp3) is 0.750. The van der Waals surface area contributed by atoms with Crippen LogP contribution in [0.1, 0.15) is 56.1 Å². The molecule has 1 aromatic heterocycles. The second-order valence-corrected chi connectivity index (χ2v) is 5.68. The minimum absolute atomic E-state index is 0.835. The third-order valence-electron chi connectivity index (χ3n) is 3.64. The van der Waals surface area contributed by atoms with Gasteiger partial charge in [-0.2, -0.15) is 0 Å². The average molecular weight is 264 g/mol. The Morgan fingerprint density at radius 1 is 1.26 bits per heavy atom. The average Bonchev–Trinajstić information content (AvgIpc) is 3.15. The van der Waals surface area contributed by atoms with E-state index >= 15 is 0 Å². The van der Waals surface area contributed by atoms with Gasteiger partial charge in [0.15, 0.2) is 0 Å². The van der Waals surface area contributed by atoms with Crippen molar-refractivity contribution in [3.8, 4) is 0 Å². The normalized spacial score (nSPS) is 15.1. The lowest BCUT2D eigenvalue weighted by Crippen LogP contribution is -2.17. The van der Waals surface area contributed by atoms with Gasteiger partial charge in [0.1, 0.15) is 11.5 Å². The largest absolute Gasteiger partial charge is 0.464 e. The molecule has 1 aliphatic rings. The summed E-state index contributed by atoms with van der Waals surface area (Å²) in [6.45, 7) is 7.41. The summed E-state index contributed by atoms with van der Waals surface area (Å²) in [6.07, 6.45) is 7.47. The maximum Gasteiger partial charge on any atom is 0.120 e. The molecule has 1 aromatic rings. The zero-order valence-electron chi connectivity index (χ0n) is 12.4. The lowest BCUT2D eigenvalue weighted by molar-refractivity contribution is 0.438. The smallest absolute Gasteiger partial charge is 0.120 e. The highest BCUT2D eigenvalue weighted by Crippen LogP contribution is 2.19. The Kier molecular flexibility index (Phi) is 5.93. The van der Waals surface area contributed by atoms with Crippen LogP contribution in [0.3, 0.4) is 0 Å². The highest BCUT2D eigenvalue weighted by atomic mass is 16.3. The summed E-state index contributed by atoms with van der Waals surface area (Å²) < 4.78 is 5.92. The van der Waals surface area contributed by atoms with Gasteiger partial charge in [-0.3, -0.25) is 0 Å². The molecule has 0 unspecified atom stereocenters. The Bertz CT molecular complexity index is 369. The number of unbranched alkanes of at least 4 members (excludes halogenated alkanes) is 1. The molecule has 1 heterocycles. The van der Waals surface area contributed by atoms with E-state index in [2.05, 4.69) is 30.5 Å². The third-order valence-corrected chi connectivity index (χ3v) is 3.64. The number of rotatable bonds is 10. The minimum atomic E-state index is 0.835. The van der Waals surface area contributed by atoms with E-state index in [-0.39, 0.29) is 0 Å². The predicted octanol–water partition coefficient (Wildman–Crippen LogP) is 3.16. The van der Waals surface area contributed by atoms with Crippen LogP contribution >= 0.6 is 0 Å². The predicted molar refractivity (Wildman–Crippen MR) is 79.4 cm³/mol. The fourth-order valence-electron chi connectivity index (χ4n) is 2.29. The SMILES string of the molecule is CCCNCc1oc(CCCCNC2CC2)cc1C. The van der Waals surface area contributed by atoms with E-state index in [1.807, 2.05) is 0 Å². The Morgan fingerprint density at radius 2 is 2.11 bits per heavy atom. The first-order valence-electron chi connectivity index (χ1n) is 7.82. The summed E-state index contributed by atoms with van der Waals surface area (Å²) >= 11 is 0. The topological polar surface area (TPSA) is 37.2 Å². The molecule has 3 nitrogen and oxygen atoms in total. The molecule has 19 heavy (non-hydrogen) atoms. The van der Waals surface area contributed by atoms with Gasteiger partial charge in [-0.05, 0) is 63.7 Å². The molecule has 2 rings (SSSR count). The molecular formula is C16H28N2O. The molecule has 1 fully saturated rings. The Morgan fingerprint density at radius 3 is 2.84 bits per heavy atom. The standard InChI is InChI=1S/C16H28N2O/c1-3-9-17-12-16-13(2)11-15(19-16)6-4-5-10-18-14-7-8-14/h11,14,17-18H,3-10,12H2,1-2H3. The van der Waals surface area contributed by atoms with E-state index < -0.39 is 0 Å². The second kappa shape index (κ2) is 7.71. The van der Waals surface area contributed by atoms with Gasteiger partial charge in [0, 0.05) is 12.5 Å². The summed E-state index contributed by atoms with van der Waals surface area (Å²) in [5, 5.41) is 6.95. The molecule has 0 amide bonds. The first kappa shape index (κ1) is 14.6. The van der Waals surface area contributed by atoms with Gasteiger partial charge in [0.25, 0.3) is 0 Å². The summed E-state index contributed by atoms with van der Waals surface area (Å²) in [6, 6.07) is 3.04. The van der Waals surface area contributed by atoms with Gasteiger partial charge < -0.3 is 15.1 Å². The molecule has 3 heteroatoms. The lowest BCUT2D eigenvalue weighted by atomic mass is 10.2. The summed E-state index contributed by atoms with van der Waals surface area (Å²) in [4.78, 5) is 0. The molecular weight excluding hydrogens is 236 g/mol. The van der Waals surface area contributed by atoms with Crippen molar-refractivity contribution in [3.63, 3.8) is 0 Å². The molecule has 0 spiro atoms. The zero-order chi connectivity index (χ0) is 13.5. The maximum absolute atomic E-state index is 5.92. The van der Waals surface area contributed by atoms with E-state index in [1.54, 1.807) is 0 Å². The van der Waals surface area contributed by atoms with Crippen LogP contribution in [0, 0.1) is 6.92 Å². The highest BCUT2D eigenvalue weighted by molar-refractivity contribution is 5.20. The van der Waals surface area contributed by atoms with Crippen LogP contribution in [-0.2, 0) is 13.0 Å². The summed E-state index contributed by atoms with van der Waals surface area (Å²) in [7, 11) is 0. The Hall–Kier alpha value is -0.800. The van der Waals surface area contributed by atoms with E-state index in [1.165, 1.54) is 37.7 Å². The van der Waals surface area contributed by atoms with Gasteiger partial charge in [0.05, 0.1) is 6.54 Å². The van der Waals surface area contributed by atoms with Crippen molar-refractivity contribution in [2.24, 2.45) is 0 Å². The second-order valence-electron chi connectivity index (χ2n) is 5.68.